The Kier molecular flexibility index (Phi) is 7.09. The van der Waals surface area contributed by atoms with Crippen molar-refractivity contribution >= 4 is 11.6 Å². The summed E-state index contributed by atoms with van der Waals surface area (Å²) in [6.07, 6.45) is 6.73. The summed E-state index contributed by atoms with van der Waals surface area (Å²) in [6, 6.07) is 6.01. The van der Waals surface area contributed by atoms with Crippen LogP contribution in [0.25, 0.3) is 0 Å². The number of fused-ring (bicyclic) bond motifs is 2. The third-order valence-electron chi connectivity index (χ3n) is 5.16. The van der Waals surface area contributed by atoms with E-state index in [4.69, 9.17) is 4.74 Å². The molecule has 152 valence electrons. The second kappa shape index (κ2) is 9.73. The van der Waals surface area contributed by atoms with Crippen LogP contribution in [-0.2, 0) is 31.2 Å². The molecule has 1 aromatic heterocycles. The molecule has 0 bridgehead atoms. The van der Waals surface area contributed by atoms with Crippen molar-refractivity contribution in [1.82, 2.24) is 14.7 Å². The Bertz CT molecular complexity index is 800. The fourth-order valence-corrected chi connectivity index (χ4v) is 3.77. The van der Waals surface area contributed by atoms with Gasteiger partial charge in [0.2, 0.25) is 5.91 Å². The van der Waals surface area contributed by atoms with Crippen LogP contribution in [0.5, 0.6) is 5.75 Å². The molecule has 2 aliphatic rings. The van der Waals surface area contributed by atoms with Gasteiger partial charge in [-0.15, -0.1) is 0 Å². The van der Waals surface area contributed by atoms with Crippen LogP contribution in [0.1, 0.15) is 49.9 Å². The number of amides is 1. The van der Waals surface area contributed by atoms with Crippen molar-refractivity contribution in [2.75, 3.05) is 25.0 Å². The van der Waals surface area contributed by atoms with E-state index >= 15 is 0 Å². The largest absolute Gasteiger partial charge is 0.494 e. The van der Waals surface area contributed by atoms with Gasteiger partial charge in [0.05, 0.1) is 12.3 Å². The normalized spacial score (nSPS) is 15.8. The van der Waals surface area contributed by atoms with Crippen molar-refractivity contribution < 1.29 is 9.53 Å². The molecule has 3 heterocycles. The lowest BCUT2D eigenvalue weighted by Gasteiger charge is -2.25. The highest BCUT2D eigenvalue weighted by molar-refractivity contribution is 5.94. The molecule has 1 amide bonds. The predicted octanol–water partition coefficient (Wildman–Crippen LogP) is 3.55. The fraction of sp³-hybridized carbons (Fsp3) is 0.545. The molecular weight excluding hydrogens is 352 g/mol. The summed E-state index contributed by atoms with van der Waals surface area (Å²) in [4.78, 5) is 14.0. The number of unbranched alkanes of at least 4 members (excludes halogenated alkanes) is 1. The van der Waals surface area contributed by atoms with Crippen LogP contribution in [0, 0.1) is 0 Å². The summed E-state index contributed by atoms with van der Waals surface area (Å²) in [7, 11) is 1.99. The molecule has 2 aliphatic heterocycles. The minimum absolute atomic E-state index is 0.0907. The molecule has 0 unspecified atom stereocenters. The van der Waals surface area contributed by atoms with E-state index < -0.39 is 0 Å². The van der Waals surface area contributed by atoms with Crippen molar-refractivity contribution in [3.05, 3.63) is 41.2 Å². The first-order valence-electron chi connectivity index (χ1n) is 10.5. The number of aryl methyl sites for hydroxylation is 2. The number of hydrogen-bond acceptors (Lipinski definition) is 4. The van der Waals surface area contributed by atoms with Crippen LogP contribution in [0.4, 0.5) is 5.69 Å². The number of hydrogen-bond donors (Lipinski definition) is 1. The quantitative estimate of drug-likeness (QED) is 0.774. The average molecular weight is 385 g/mol. The summed E-state index contributed by atoms with van der Waals surface area (Å²) in [5, 5.41) is 7.43. The van der Waals surface area contributed by atoms with E-state index in [0.717, 1.165) is 56.8 Å². The van der Waals surface area contributed by atoms with Crippen molar-refractivity contribution in [1.29, 1.82) is 0 Å². The molecule has 4 rings (SSSR count). The maximum atomic E-state index is 11.5. The number of benzene rings is 1. The topological polar surface area (TPSA) is 59.4 Å². The van der Waals surface area contributed by atoms with Gasteiger partial charge in [-0.1, -0.05) is 19.9 Å². The Hall–Kier alpha value is -2.34. The Morgan fingerprint density at radius 2 is 2.00 bits per heavy atom. The first kappa shape index (κ1) is 20.4. The molecule has 1 aromatic carbocycles. The van der Waals surface area contributed by atoms with Gasteiger partial charge < -0.3 is 10.1 Å². The van der Waals surface area contributed by atoms with Gasteiger partial charge in [-0.3, -0.25) is 14.4 Å². The maximum absolute atomic E-state index is 11.5. The fourth-order valence-electron chi connectivity index (χ4n) is 3.77. The van der Waals surface area contributed by atoms with Crippen molar-refractivity contribution in [3.8, 4) is 5.75 Å². The molecule has 0 fully saturated rings. The summed E-state index contributed by atoms with van der Waals surface area (Å²) < 4.78 is 7.79. The van der Waals surface area contributed by atoms with Gasteiger partial charge in [0, 0.05) is 56.5 Å². The second-order valence-electron chi connectivity index (χ2n) is 7.22. The molecule has 2 aromatic rings. The number of ether oxygens (including phenoxy) is 1. The van der Waals surface area contributed by atoms with Gasteiger partial charge in [-0.05, 0) is 37.4 Å². The standard InChI is InChI=1S/C20H26N4O2.C2H6/c1-23-13-16-14-24(10-8-18(16)22-23)9-2-3-11-26-17-6-4-15-5-7-20(25)21-19(15)12-17;1-2/h4,6,12-13H,2-3,5,7-11,14H2,1H3,(H,21,25);1-2H3. The number of carbonyl (C=O) groups excluding carboxylic acids is 1. The van der Waals surface area contributed by atoms with E-state index in [1.54, 1.807) is 0 Å². The van der Waals surface area contributed by atoms with Gasteiger partial charge in [-0.2, -0.15) is 5.10 Å². The first-order chi connectivity index (χ1) is 13.7. The number of carbonyl (C=O) groups is 1. The molecular formula is C22H32N4O2. The van der Waals surface area contributed by atoms with Crippen molar-refractivity contribution in [2.45, 2.75) is 52.5 Å². The minimum atomic E-state index is 0.0907. The van der Waals surface area contributed by atoms with Crippen molar-refractivity contribution in [2.24, 2.45) is 7.05 Å². The zero-order valence-corrected chi connectivity index (χ0v) is 17.3. The molecule has 6 heteroatoms. The van der Waals surface area contributed by atoms with Crippen LogP contribution in [0.15, 0.2) is 24.4 Å². The van der Waals surface area contributed by atoms with Crippen LogP contribution >= 0.6 is 0 Å². The van der Waals surface area contributed by atoms with E-state index in [0.29, 0.717) is 13.0 Å². The highest BCUT2D eigenvalue weighted by Crippen LogP contribution is 2.27. The maximum Gasteiger partial charge on any atom is 0.224 e. The van der Waals surface area contributed by atoms with Crippen LogP contribution in [0.2, 0.25) is 0 Å². The number of nitrogens with one attached hydrogen (secondary N) is 1. The monoisotopic (exact) mass is 384 g/mol. The minimum Gasteiger partial charge on any atom is -0.494 e. The van der Waals surface area contributed by atoms with E-state index in [-0.39, 0.29) is 5.91 Å². The lowest BCUT2D eigenvalue weighted by molar-refractivity contribution is -0.116. The highest BCUT2D eigenvalue weighted by Gasteiger charge is 2.18. The Morgan fingerprint density at radius 3 is 2.86 bits per heavy atom. The zero-order valence-electron chi connectivity index (χ0n) is 17.3. The average Bonchev–Trinajstić information content (AvgIpc) is 3.08. The molecule has 0 radical (unpaired) electrons. The number of anilines is 1. The predicted molar refractivity (Wildman–Crippen MR) is 112 cm³/mol. The highest BCUT2D eigenvalue weighted by atomic mass is 16.5. The van der Waals surface area contributed by atoms with Crippen molar-refractivity contribution in [3.63, 3.8) is 0 Å². The van der Waals surface area contributed by atoms with Gasteiger partial charge in [0.25, 0.3) is 0 Å². The zero-order chi connectivity index (χ0) is 19.9. The summed E-state index contributed by atoms with van der Waals surface area (Å²) in [6.45, 7) is 7.90. The first-order valence-corrected chi connectivity index (χ1v) is 10.5. The van der Waals surface area contributed by atoms with Gasteiger partial charge in [-0.25, -0.2) is 0 Å². The molecule has 0 atom stereocenters. The van der Waals surface area contributed by atoms with Gasteiger partial charge in [0.1, 0.15) is 5.75 Å². The SMILES string of the molecule is CC.Cn1cc2c(n1)CCN(CCCCOc1ccc3c(c1)NC(=O)CC3)C2. The lowest BCUT2D eigenvalue weighted by atomic mass is 10.0. The Balaban J connectivity index is 0.00000109. The smallest absolute Gasteiger partial charge is 0.224 e. The molecule has 0 saturated carbocycles. The van der Waals surface area contributed by atoms with Gasteiger partial charge >= 0.3 is 0 Å². The second-order valence-corrected chi connectivity index (χ2v) is 7.22. The van der Waals surface area contributed by atoms with E-state index in [2.05, 4.69) is 27.6 Å². The van der Waals surface area contributed by atoms with Gasteiger partial charge in [0.15, 0.2) is 0 Å². The van der Waals surface area contributed by atoms with E-state index in [9.17, 15) is 4.79 Å². The summed E-state index contributed by atoms with van der Waals surface area (Å²) in [5.74, 6) is 0.928. The third kappa shape index (κ3) is 5.13. The molecule has 28 heavy (non-hydrogen) atoms. The molecule has 6 nitrogen and oxygen atoms in total. The lowest BCUT2D eigenvalue weighted by Crippen LogP contribution is -2.31. The number of rotatable bonds is 6. The molecule has 1 N–H and O–H groups in total. The number of aromatic nitrogens is 2. The summed E-state index contributed by atoms with van der Waals surface area (Å²) >= 11 is 0. The van der Waals surface area contributed by atoms with Crippen LogP contribution in [0.3, 0.4) is 0 Å². The number of nitrogens with zero attached hydrogens (tertiary/aromatic N) is 3. The van der Waals surface area contributed by atoms with Crippen LogP contribution in [-0.4, -0.2) is 40.3 Å². The molecule has 0 spiro atoms. The Labute approximate surface area is 167 Å². The van der Waals surface area contributed by atoms with E-state index in [1.807, 2.05) is 37.7 Å². The van der Waals surface area contributed by atoms with Crippen LogP contribution < -0.4 is 10.1 Å². The third-order valence-corrected chi connectivity index (χ3v) is 5.16. The molecule has 0 aliphatic carbocycles. The molecule has 0 saturated heterocycles. The summed E-state index contributed by atoms with van der Waals surface area (Å²) in [5.41, 5.74) is 4.72. The van der Waals surface area contributed by atoms with E-state index in [1.165, 1.54) is 16.8 Å². The Morgan fingerprint density at radius 1 is 1.14 bits per heavy atom.